The minimum absolute atomic E-state index is 0.0144. The SMILES string of the molecule is NC(=O)c1ccn(-c2cc(C(=O)O)c([N+](=O)[O-])cn2)n1. The molecule has 20 heavy (non-hydrogen) atoms. The number of carbonyl (C=O) groups excluding carboxylic acids is 1. The van der Waals surface area contributed by atoms with Crippen molar-refractivity contribution in [2.45, 2.75) is 0 Å². The molecule has 10 heteroatoms. The normalized spacial score (nSPS) is 10.2. The molecule has 0 bridgehead atoms. The number of nitrogens with two attached hydrogens (primary N) is 1. The Balaban J connectivity index is 2.52. The molecule has 102 valence electrons. The van der Waals surface area contributed by atoms with Gasteiger partial charge in [0.2, 0.25) is 0 Å². The van der Waals surface area contributed by atoms with Crippen molar-refractivity contribution >= 4 is 17.6 Å². The first-order chi connectivity index (χ1) is 9.40. The number of aromatic carboxylic acids is 1. The Morgan fingerprint density at radius 1 is 1.45 bits per heavy atom. The molecule has 0 aliphatic rings. The van der Waals surface area contributed by atoms with Gasteiger partial charge in [-0.3, -0.25) is 14.9 Å². The predicted molar refractivity (Wildman–Crippen MR) is 63.5 cm³/mol. The van der Waals surface area contributed by atoms with E-state index in [1.807, 2.05) is 0 Å². The highest BCUT2D eigenvalue weighted by atomic mass is 16.6. The minimum atomic E-state index is -1.47. The minimum Gasteiger partial charge on any atom is -0.477 e. The molecule has 0 aliphatic carbocycles. The lowest BCUT2D eigenvalue weighted by molar-refractivity contribution is -0.385. The van der Waals surface area contributed by atoms with Gasteiger partial charge in [0.05, 0.1) is 4.92 Å². The molecule has 0 spiro atoms. The van der Waals surface area contributed by atoms with Crippen LogP contribution in [0.5, 0.6) is 0 Å². The molecule has 0 atom stereocenters. The molecule has 2 rings (SSSR count). The fourth-order valence-corrected chi connectivity index (χ4v) is 1.46. The van der Waals surface area contributed by atoms with E-state index in [4.69, 9.17) is 10.8 Å². The molecular formula is C10H7N5O5. The standard InChI is InChI=1S/C10H7N5O5/c11-9(16)6-1-2-14(13-6)8-3-5(10(17)18)7(4-12-8)15(19)20/h1-4H,(H2,11,16)(H,17,18). The number of nitro groups is 1. The zero-order valence-electron chi connectivity index (χ0n) is 9.76. The van der Waals surface area contributed by atoms with Crippen LogP contribution in [0.2, 0.25) is 0 Å². The van der Waals surface area contributed by atoms with Crippen molar-refractivity contribution in [2.24, 2.45) is 5.73 Å². The number of carboxylic acid groups (broad SMARTS) is 1. The quantitative estimate of drug-likeness (QED) is 0.587. The van der Waals surface area contributed by atoms with Gasteiger partial charge in [-0.25, -0.2) is 14.5 Å². The number of hydrogen-bond donors (Lipinski definition) is 2. The highest BCUT2D eigenvalue weighted by Crippen LogP contribution is 2.19. The van der Waals surface area contributed by atoms with E-state index in [1.54, 1.807) is 0 Å². The van der Waals surface area contributed by atoms with Crippen LogP contribution in [0.15, 0.2) is 24.5 Å². The van der Waals surface area contributed by atoms with E-state index in [1.165, 1.54) is 12.3 Å². The van der Waals surface area contributed by atoms with E-state index < -0.39 is 28.1 Å². The number of hydrogen-bond acceptors (Lipinski definition) is 6. The number of amides is 1. The lowest BCUT2D eigenvalue weighted by Gasteiger charge is -2.02. The third-order valence-electron chi connectivity index (χ3n) is 2.37. The number of aromatic nitrogens is 3. The van der Waals surface area contributed by atoms with Crippen LogP contribution in [0.25, 0.3) is 5.82 Å². The van der Waals surface area contributed by atoms with Crippen LogP contribution in [0.4, 0.5) is 5.69 Å². The van der Waals surface area contributed by atoms with Gasteiger partial charge in [-0.1, -0.05) is 0 Å². The summed E-state index contributed by atoms with van der Waals surface area (Å²) < 4.78 is 1.09. The molecule has 0 aromatic carbocycles. The second-order valence-corrected chi connectivity index (χ2v) is 3.63. The summed E-state index contributed by atoms with van der Waals surface area (Å²) in [6.07, 6.45) is 2.14. The van der Waals surface area contributed by atoms with Crippen LogP contribution in [0, 0.1) is 10.1 Å². The van der Waals surface area contributed by atoms with Crippen LogP contribution >= 0.6 is 0 Å². The van der Waals surface area contributed by atoms with Gasteiger partial charge in [0.25, 0.3) is 5.91 Å². The van der Waals surface area contributed by atoms with Crippen LogP contribution in [-0.2, 0) is 0 Å². The third-order valence-corrected chi connectivity index (χ3v) is 2.37. The number of pyridine rings is 1. The van der Waals surface area contributed by atoms with Gasteiger partial charge in [0, 0.05) is 12.3 Å². The van der Waals surface area contributed by atoms with Crippen LogP contribution in [0.1, 0.15) is 20.8 Å². The van der Waals surface area contributed by atoms with E-state index in [0.717, 1.165) is 16.9 Å². The zero-order chi connectivity index (χ0) is 14.9. The average Bonchev–Trinajstić information content (AvgIpc) is 2.87. The summed E-state index contributed by atoms with van der Waals surface area (Å²) in [5, 5.41) is 23.4. The molecule has 0 aliphatic heterocycles. The van der Waals surface area contributed by atoms with Crippen molar-refractivity contribution < 1.29 is 19.6 Å². The van der Waals surface area contributed by atoms with Gasteiger partial charge in [0.1, 0.15) is 17.5 Å². The second kappa shape index (κ2) is 4.76. The zero-order valence-corrected chi connectivity index (χ0v) is 9.76. The molecule has 1 amide bonds. The Hall–Kier alpha value is -3.30. The number of nitrogens with zero attached hydrogens (tertiary/aromatic N) is 4. The number of carboxylic acids is 1. The van der Waals surface area contributed by atoms with Crippen LogP contribution < -0.4 is 5.73 Å². The molecule has 0 radical (unpaired) electrons. The third kappa shape index (κ3) is 2.29. The molecule has 2 aromatic heterocycles. The van der Waals surface area contributed by atoms with Gasteiger partial charge < -0.3 is 10.8 Å². The van der Waals surface area contributed by atoms with Crippen molar-refractivity contribution in [1.82, 2.24) is 14.8 Å². The summed E-state index contributed by atoms with van der Waals surface area (Å²) in [5.74, 6) is -2.22. The summed E-state index contributed by atoms with van der Waals surface area (Å²) in [7, 11) is 0. The van der Waals surface area contributed by atoms with E-state index in [9.17, 15) is 19.7 Å². The van der Waals surface area contributed by atoms with Crippen molar-refractivity contribution in [3.8, 4) is 5.82 Å². The fraction of sp³-hybridized carbons (Fsp3) is 0. The van der Waals surface area contributed by atoms with E-state index in [2.05, 4.69) is 10.1 Å². The van der Waals surface area contributed by atoms with Crippen LogP contribution in [-0.4, -0.2) is 36.7 Å². The van der Waals surface area contributed by atoms with E-state index in [0.29, 0.717) is 0 Å². The largest absolute Gasteiger partial charge is 0.477 e. The van der Waals surface area contributed by atoms with Crippen LogP contribution in [0.3, 0.4) is 0 Å². The van der Waals surface area contributed by atoms with Gasteiger partial charge in [-0.05, 0) is 6.07 Å². The van der Waals surface area contributed by atoms with Gasteiger partial charge in [0.15, 0.2) is 5.82 Å². The van der Waals surface area contributed by atoms with Gasteiger partial charge >= 0.3 is 11.7 Å². The summed E-state index contributed by atoms with van der Waals surface area (Å²) in [6.45, 7) is 0. The first kappa shape index (κ1) is 13.1. The number of primary amides is 1. The van der Waals surface area contributed by atoms with Crippen molar-refractivity contribution in [2.75, 3.05) is 0 Å². The molecule has 2 aromatic rings. The smallest absolute Gasteiger partial charge is 0.342 e. The Kier molecular flexibility index (Phi) is 3.13. The predicted octanol–water partition coefficient (Wildman–Crippen LogP) is -0.0274. The molecule has 0 unspecified atom stereocenters. The lowest BCUT2D eigenvalue weighted by atomic mass is 10.2. The Labute approximate surface area is 110 Å². The molecule has 0 saturated carbocycles. The number of rotatable bonds is 4. The maximum atomic E-state index is 11.0. The summed E-state index contributed by atoms with van der Waals surface area (Å²) in [4.78, 5) is 35.5. The first-order valence-corrected chi connectivity index (χ1v) is 5.13. The molecular weight excluding hydrogens is 270 g/mol. The Morgan fingerprint density at radius 3 is 2.65 bits per heavy atom. The summed E-state index contributed by atoms with van der Waals surface area (Å²) in [6, 6.07) is 2.30. The topological polar surface area (TPSA) is 154 Å². The molecule has 2 heterocycles. The van der Waals surface area contributed by atoms with Crippen molar-refractivity contribution in [3.63, 3.8) is 0 Å². The van der Waals surface area contributed by atoms with Crippen molar-refractivity contribution in [3.05, 3.63) is 45.9 Å². The monoisotopic (exact) mass is 277 g/mol. The van der Waals surface area contributed by atoms with Gasteiger partial charge in [-0.15, -0.1) is 0 Å². The fourth-order valence-electron chi connectivity index (χ4n) is 1.46. The average molecular weight is 277 g/mol. The molecule has 0 fully saturated rings. The molecule has 0 saturated heterocycles. The Bertz CT molecular complexity index is 723. The first-order valence-electron chi connectivity index (χ1n) is 5.13. The number of carbonyl (C=O) groups is 2. The maximum absolute atomic E-state index is 11.0. The summed E-state index contributed by atoms with van der Waals surface area (Å²) >= 11 is 0. The maximum Gasteiger partial charge on any atom is 0.342 e. The molecule has 3 N–H and O–H groups in total. The second-order valence-electron chi connectivity index (χ2n) is 3.63. The van der Waals surface area contributed by atoms with Crippen molar-refractivity contribution in [1.29, 1.82) is 0 Å². The lowest BCUT2D eigenvalue weighted by Crippen LogP contribution is -2.13. The van der Waals surface area contributed by atoms with E-state index >= 15 is 0 Å². The highest BCUT2D eigenvalue weighted by molar-refractivity contribution is 5.92. The highest BCUT2D eigenvalue weighted by Gasteiger charge is 2.21. The van der Waals surface area contributed by atoms with E-state index in [-0.39, 0.29) is 11.5 Å². The van der Waals surface area contributed by atoms with Gasteiger partial charge in [-0.2, -0.15) is 5.10 Å². The Morgan fingerprint density at radius 2 is 2.15 bits per heavy atom. The summed E-state index contributed by atoms with van der Waals surface area (Å²) in [5.41, 5.74) is 3.82. The molecule has 10 nitrogen and oxygen atoms in total.